The smallest absolute Gasteiger partial charge is 0.229 e. The SMILES string of the molecule is CCC(C)(OC)c1noc(CC(O)C(C)C)n1. The minimum absolute atomic E-state index is 0.172. The highest BCUT2D eigenvalue weighted by Crippen LogP contribution is 2.25. The van der Waals surface area contributed by atoms with E-state index in [4.69, 9.17) is 9.26 Å². The second-order valence-electron chi connectivity index (χ2n) is 4.82. The van der Waals surface area contributed by atoms with Crippen molar-refractivity contribution >= 4 is 0 Å². The van der Waals surface area contributed by atoms with Gasteiger partial charge in [0.05, 0.1) is 12.5 Å². The second-order valence-corrected chi connectivity index (χ2v) is 4.82. The van der Waals surface area contributed by atoms with Crippen LogP contribution in [0.2, 0.25) is 0 Å². The highest BCUT2D eigenvalue weighted by atomic mass is 16.5. The van der Waals surface area contributed by atoms with E-state index in [1.807, 2.05) is 27.7 Å². The summed E-state index contributed by atoms with van der Waals surface area (Å²) in [4.78, 5) is 4.28. The Kier molecular flexibility index (Phi) is 4.65. The van der Waals surface area contributed by atoms with Crippen LogP contribution in [0.3, 0.4) is 0 Å². The maximum absolute atomic E-state index is 9.75. The van der Waals surface area contributed by atoms with E-state index < -0.39 is 11.7 Å². The fourth-order valence-electron chi connectivity index (χ4n) is 1.36. The Labute approximate surface area is 102 Å². The lowest BCUT2D eigenvalue weighted by molar-refractivity contribution is -0.0106. The molecule has 1 heterocycles. The van der Waals surface area contributed by atoms with Crippen molar-refractivity contribution in [2.45, 2.75) is 52.2 Å². The van der Waals surface area contributed by atoms with Gasteiger partial charge in [0.15, 0.2) is 0 Å². The summed E-state index contributed by atoms with van der Waals surface area (Å²) < 4.78 is 10.5. The Morgan fingerprint density at radius 1 is 1.47 bits per heavy atom. The number of nitrogens with zero attached hydrogens (tertiary/aromatic N) is 2. The summed E-state index contributed by atoms with van der Waals surface area (Å²) in [5.74, 6) is 1.16. The predicted octanol–water partition coefficient (Wildman–Crippen LogP) is 1.90. The van der Waals surface area contributed by atoms with Crippen LogP contribution in [0.15, 0.2) is 4.52 Å². The van der Waals surface area contributed by atoms with Gasteiger partial charge >= 0.3 is 0 Å². The molecule has 0 fully saturated rings. The van der Waals surface area contributed by atoms with E-state index in [1.54, 1.807) is 7.11 Å². The third-order valence-electron chi connectivity index (χ3n) is 3.22. The summed E-state index contributed by atoms with van der Waals surface area (Å²) in [6.07, 6.45) is 0.683. The van der Waals surface area contributed by atoms with E-state index in [9.17, 15) is 5.11 Å². The first-order valence-electron chi connectivity index (χ1n) is 5.99. The molecule has 1 N–H and O–H groups in total. The zero-order valence-corrected chi connectivity index (χ0v) is 11.2. The van der Waals surface area contributed by atoms with Gasteiger partial charge in [0.1, 0.15) is 5.60 Å². The van der Waals surface area contributed by atoms with E-state index in [0.29, 0.717) is 18.1 Å². The van der Waals surface area contributed by atoms with Gasteiger partial charge < -0.3 is 14.4 Å². The van der Waals surface area contributed by atoms with Gasteiger partial charge in [0.25, 0.3) is 0 Å². The Morgan fingerprint density at radius 2 is 2.12 bits per heavy atom. The van der Waals surface area contributed by atoms with E-state index in [0.717, 1.165) is 6.42 Å². The topological polar surface area (TPSA) is 68.4 Å². The predicted molar refractivity (Wildman–Crippen MR) is 63.5 cm³/mol. The molecule has 0 amide bonds. The molecule has 2 unspecified atom stereocenters. The molecule has 0 saturated heterocycles. The van der Waals surface area contributed by atoms with Crippen molar-refractivity contribution < 1.29 is 14.4 Å². The van der Waals surface area contributed by atoms with Crippen LogP contribution in [0, 0.1) is 5.92 Å². The molecule has 5 nitrogen and oxygen atoms in total. The summed E-state index contributed by atoms with van der Waals surface area (Å²) in [6, 6.07) is 0. The molecule has 98 valence electrons. The molecule has 0 aromatic carbocycles. The normalized spacial score (nSPS) is 17.1. The standard InChI is InChI=1S/C12H22N2O3/c1-6-12(4,16-5)11-13-10(17-14-11)7-9(15)8(2)3/h8-9,15H,6-7H2,1-5H3. The maximum Gasteiger partial charge on any atom is 0.229 e. The zero-order valence-electron chi connectivity index (χ0n) is 11.2. The van der Waals surface area contributed by atoms with Gasteiger partial charge in [-0.05, 0) is 19.3 Å². The number of ether oxygens (including phenoxy) is 1. The summed E-state index contributed by atoms with van der Waals surface area (Å²) in [5, 5.41) is 13.7. The summed E-state index contributed by atoms with van der Waals surface area (Å²) in [6.45, 7) is 7.82. The van der Waals surface area contributed by atoms with Crippen LogP contribution in [-0.2, 0) is 16.8 Å². The van der Waals surface area contributed by atoms with Gasteiger partial charge in [0, 0.05) is 7.11 Å². The van der Waals surface area contributed by atoms with Crippen molar-refractivity contribution in [1.29, 1.82) is 0 Å². The molecule has 5 heteroatoms. The number of methoxy groups -OCH3 is 1. The first-order valence-corrected chi connectivity index (χ1v) is 5.99. The number of hydrogen-bond donors (Lipinski definition) is 1. The summed E-state index contributed by atoms with van der Waals surface area (Å²) in [5.41, 5.74) is -0.523. The fraction of sp³-hybridized carbons (Fsp3) is 0.833. The number of rotatable bonds is 6. The van der Waals surface area contributed by atoms with Gasteiger partial charge in [-0.25, -0.2) is 0 Å². The molecule has 0 saturated carbocycles. The van der Waals surface area contributed by atoms with Crippen molar-refractivity contribution in [2.75, 3.05) is 7.11 Å². The van der Waals surface area contributed by atoms with Crippen LogP contribution in [0.25, 0.3) is 0 Å². The first-order chi connectivity index (χ1) is 7.92. The average molecular weight is 242 g/mol. The van der Waals surface area contributed by atoms with Crippen LogP contribution in [-0.4, -0.2) is 28.5 Å². The van der Waals surface area contributed by atoms with Gasteiger partial charge in [-0.2, -0.15) is 4.98 Å². The lowest BCUT2D eigenvalue weighted by Crippen LogP contribution is -2.25. The zero-order chi connectivity index (χ0) is 13.1. The average Bonchev–Trinajstić information content (AvgIpc) is 2.76. The molecule has 0 bridgehead atoms. The van der Waals surface area contributed by atoms with Crippen molar-refractivity contribution in [3.8, 4) is 0 Å². The number of hydrogen-bond acceptors (Lipinski definition) is 5. The molecular weight excluding hydrogens is 220 g/mol. The van der Waals surface area contributed by atoms with Crippen LogP contribution in [0.5, 0.6) is 0 Å². The summed E-state index contributed by atoms with van der Waals surface area (Å²) in [7, 11) is 1.63. The van der Waals surface area contributed by atoms with Crippen molar-refractivity contribution in [2.24, 2.45) is 5.92 Å². The van der Waals surface area contributed by atoms with E-state index in [1.165, 1.54) is 0 Å². The molecule has 0 spiro atoms. The van der Waals surface area contributed by atoms with E-state index in [-0.39, 0.29) is 5.92 Å². The Morgan fingerprint density at radius 3 is 2.59 bits per heavy atom. The summed E-state index contributed by atoms with van der Waals surface area (Å²) >= 11 is 0. The Balaban J connectivity index is 2.78. The number of aliphatic hydroxyl groups is 1. The molecule has 2 atom stereocenters. The third kappa shape index (κ3) is 3.26. The van der Waals surface area contributed by atoms with Gasteiger partial charge in [-0.1, -0.05) is 25.9 Å². The number of aromatic nitrogens is 2. The second kappa shape index (κ2) is 5.60. The van der Waals surface area contributed by atoms with Crippen LogP contribution in [0.1, 0.15) is 45.8 Å². The van der Waals surface area contributed by atoms with Crippen LogP contribution in [0.4, 0.5) is 0 Å². The molecule has 0 aliphatic carbocycles. The minimum atomic E-state index is -0.523. The lowest BCUT2D eigenvalue weighted by atomic mass is 10.0. The molecule has 17 heavy (non-hydrogen) atoms. The van der Waals surface area contributed by atoms with Crippen LogP contribution < -0.4 is 0 Å². The van der Waals surface area contributed by atoms with E-state index in [2.05, 4.69) is 10.1 Å². The van der Waals surface area contributed by atoms with Crippen molar-refractivity contribution in [3.05, 3.63) is 11.7 Å². The van der Waals surface area contributed by atoms with Gasteiger partial charge in [0.2, 0.25) is 11.7 Å². The lowest BCUT2D eigenvalue weighted by Gasteiger charge is -2.21. The van der Waals surface area contributed by atoms with Crippen molar-refractivity contribution in [3.63, 3.8) is 0 Å². The Bertz CT molecular complexity index is 345. The van der Waals surface area contributed by atoms with Gasteiger partial charge in [-0.3, -0.25) is 0 Å². The fourth-order valence-corrected chi connectivity index (χ4v) is 1.36. The quantitative estimate of drug-likeness (QED) is 0.825. The molecule has 1 aromatic heterocycles. The molecular formula is C12H22N2O3. The molecule has 0 aliphatic heterocycles. The van der Waals surface area contributed by atoms with Crippen LogP contribution >= 0.6 is 0 Å². The molecule has 0 radical (unpaired) electrons. The highest BCUT2D eigenvalue weighted by Gasteiger charge is 2.30. The van der Waals surface area contributed by atoms with Crippen molar-refractivity contribution in [1.82, 2.24) is 10.1 Å². The highest BCUT2D eigenvalue weighted by molar-refractivity contribution is 4.99. The van der Waals surface area contributed by atoms with Gasteiger partial charge in [-0.15, -0.1) is 0 Å². The van der Waals surface area contributed by atoms with E-state index >= 15 is 0 Å². The monoisotopic (exact) mass is 242 g/mol. The first kappa shape index (κ1) is 14.1. The largest absolute Gasteiger partial charge is 0.392 e. The third-order valence-corrected chi connectivity index (χ3v) is 3.22. The number of aliphatic hydroxyl groups excluding tert-OH is 1. The molecule has 1 aromatic rings. The molecule has 0 aliphatic rings. The molecule has 1 rings (SSSR count). The maximum atomic E-state index is 9.75. The minimum Gasteiger partial charge on any atom is -0.392 e. The Hall–Kier alpha value is -0.940.